The molecule has 37 heavy (non-hydrogen) atoms. The van der Waals surface area contributed by atoms with Gasteiger partial charge in [-0.2, -0.15) is 10.2 Å². The summed E-state index contributed by atoms with van der Waals surface area (Å²) >= 11 is 5.64. The molecule has 0 radical (unpaired) electrons. The Balaban J connectivity index is 0.000000195. The van der Waals surface area contributed by atoms with Gasteiger partial charge in [-0.25, -0.2) is 19.0 Å². The molecule has 12 heteroatoms. The lowest BCUT2D eigenvalue weighted by Crippen LogP contribution is -2.44. The Morgan fingerprint density at radius 3 is 2.03 bits per heavy atom. The van der Waals surface area contributed by atoms with Crippen molar-refractivity contribution in [1.29, 1.82) is 0 Å². The largest absolute Gasteiger partial charge is 0.369 e. The number of benzene rings is 1. The molecule has 1 fully saturated rings. The molecule has 0 spiro atoms. The molecule has 0 bridgehead atoms. The lowest BCUT2D eigenvalue weighted by Gasteiger charge is -2.34. The molecular formula is C25H24ClN9O2. The van der Waals surface area contributed by atoms with Crippen molar-refractivity contribution in [2.75, 3.05) is 43.4 Å². The van der Waals surface area contributed by atoms with Crippen molar-refractivity contribution in [3.63, 3.8) is 0 Å². The fourth-order valence-corrected chi connectivity index (χ4v) is 4.09. The first-order valence-corrected chi connectivity index (χ1v) is 12.0. The zero-order chi connectivity index (χ0) is 25.8. The highest BCUT2D eigenvalue weighted by Gasteiger charge is 2.14. The first-order chi connectivity index (χ1) is 18.0. The fraction of sp³-hybridized carbons (Fsp3) is 0.200. The van der Waals surface area contributed by atoms with E-state index < -0.39 is 0 Å². The van der Waals surface area contributed by atoms with Gasteiger partial charge in [0, 0.05) is 49.9 Å². The third-order valence-electron chi connectivity index (χ3n) is 6.02. The van der Waals surface area contributed by atoms with E-state index in [1.54, 1.807) is 23.0 Å². The quantitative estimate of drug-likeness (QED) is 0.277. The molecule has 6 rings (SSSR count). The second-order valence-corrected chi connectivity index (χ2v) is 8.88. The highest BCUT2D eigenvalue weighted by Crippen LogP contribution is 2.22. The van der Waals surface area contributed by atoms with Crippen LogP contribution in [0.3, 0.4) is 0 Å². The van der Waals surface area contributed by atoms with E-state index in [0.717, 1.165) is 38.2 Å². The molecule has 0 atom stereocenters. The summed E-state index contributed by atoms with van der Waals surface area (Å²) in [6.07, 6.45) is 7.87. The van der Waals surface area contributed by atoms with Crippen LogP contribution in [0, 0.1) is 0 Å². The number of aldehydes is 2. The second kappa shape index (κ2) is 10.7. The van der Waals surface area contributed by atoms with Gasteiger partial charge in [0.05, 0.1) is 23.5 Å². The van der Waals surface area contributed by atoms with Gasteiger partial charge >= 0.3 is 0 Å². The molecule has 1 aromatic carbocycles. The summed E-state index contributed by atoms with van der Waals surface area (Å²) in [6, 6.07) is 11.8. The number of nitrogens with one attached hydrogen (secondary N) is 1. The summed E-state index contributed by atoms with van der Waals surface area (Å²) in [6.45, 7) is 4.29. The molecule has 1 N–H and O–H groups in total. The number of carbonyl (C=O) groups excluding carboxylic acids is 2. The van der Waals surface area contributed by atoms with Crippen LogP contribution < -0.4 is 10.2 Å². The SMILES string of the molecule is CN1CCN(c2ccc(Nc3ccn4ncc(C=O)c4n3)cc2)CC1.O=Cc1cnn2ccc(Cl)nc12. The van der Waals surface area contributed by atoms with E-state index >= 15 is 0 Å². The van der Waals surface area contributed by atoms with E-state index in [9.17, 15) is 9.59 Å². The van der Waals surface area contributed by atoms with Gasteiger partial charge in [0.15, 0.2) is 23.9 Å². The number of aromatic nitrogens is 6. The lowest BCUT2D eigenvalue weighted by atomic mass is 10.2. The molecule has 188 valence electrons. The summed E-state index contributed by atoms with van der Waals surface area (Å²) in [5.74, 6) is 0.684. The topological polar surface area (TPSA) is 113 Å². The Kier molecular flexibility index (Phi) is 7.06. The molecule has 5 heterocycles. The predicted octanol–water partition coefficient (Wildman–Crippen LogP) is 3.23. The van der Waals surface area contributed by atoms with E-state index in [1.165, 1.54) is 22.6 Å². The van der Waals surface area contributed by atoms with Crippen LogP contribution in [0.4, 0.5) is 17.2 Å². The Labute approximate surface area is 217 Å². The van der Waals surface area contributed by atoms with Crippen LogP contribution in [0.5, 0.6) is 0 Å². The smallest absolute Gasteiger partial charge is 0.167 e. The highest BCUT2D eigenvalue weighted by atomic mass is 35.5. The number of rotatable bonds is 5. The number of hydrogen-bond acceptors (Lipinski definition) is 9. The molecule has 0 amide bonds. The molecule has 0 saturated carbocycles. The number of halogens is 1. The van der Waals surface area contributed by atoms with Crippen molar-refractivity contribution in [2.45, 2.75) is 0 Å². The van der Waals surface area contributed by atoms with Gasteiger partial charge in [-0.3, -0.25) is 9.59 Å². The van der Waals surface area contributed by atoms with E-state index in [1.807, 2.05) is 6.07 Å². The summed E-state index contributed by atoms with van der Waals surface area (Å²) in [5, 5.41) is 11.6. The van der Waals surface area contributed by atoms with Gasteiger partial charge in [0.1, 0.15) is 11.0 Å². The van der Waals surface area contributed by atoms with Crippen molar-refractivity contribution >= 4 is 52.7 Å². The number of fused-ring (bicyclic) bond motifs is 2. The third-order valence-corrected chi connectivity index (χ3v) is 6.23. The molecule has 11 nitrogen and oxygen atoms in total. The van der Waals surface area contributed by atoms with Gasteiger partial charge in [0.25, 0.3) is 0 Å². The molecule has 1 aliphatic heterocycles. The molecule has 4 aromatic heterocycles. The lowest BCUT2D eigenvalue weighted by molar-refractivity contribution is 0.111. The van der Waals surface area contributed by atoms with Crippen molar-refractivity contribution in [2.24, 2.45) is 0 Å². The molecule has 1 saturated heterocycles. The molecular weight excluding hydrogens is 494 g/mol. The van der Waals surface area contributed by atoms with Gasteiger partial charge in [0.2, 0.25) is 0 Å². The average molecular weight is 518 g/mol. The zero-order valence-electron chi connectivity index (χ0n) is 20.0. The van der Waals surface area contributed by atoms with Gasteiger partial charge in [-0.05, 0) is 43.4 Å². The van der Waals surface area contributed by atoms with Crippen LogP contribution in [0.1, 0.15) is 20.7 Å². The van der Waals surface area contributed by atoms with Crippen molar-refractivity contribution in [1.82, 2.24) is 34.1 Å². The van der Waals surface area contributed by atoms with Gasteiger partial charge in [-0.15, -0.1) is 0 Å². The number of likely N-dealkylation sites (N-methyl/N-ethyl adjacent to an activating group) is 1. The average Bonchev–Trinajstić information content (AvgIpc) is 3.53. The van der Waals surface area contributed by atoms with E-state index in [-0.39, 0.29) is 0 Å². The van der Waals surface area contributed by atoms with Crippen molar-refractivity contribution < 1.29 is 9.59 Å². The van der Waals surface area contributed by atoms with Gasteiger partial charge < -0.3 is 15.1 Å². The maximum Gasteiger partial charge on any atom is 0.167 e. The van der Waals surface area contributed by atoms with Crippen LogP contribution >= 0.6 is 11.6 Å². The third kappa shape index (κ3) is 5.42. The monoisotopic (exact) mass is 517 g/mol. The zero-order valence-corrected chi connectivity index (χ0v) is 20.8. The van der Waals surface area contributed by atoms with Crippen LogP contribution in [0.2, 0.25) is 5.15 Å². The summed E-state index contributed by atoms with van der Waals surface area (Å²) < 4.78 is 3.08. The maximum atomic E-state index is 11.0. The molecule has 0 aliphatic carbocycles. The maximum absolute atomic E-state index is 11.0. The predicted molar refractivity (Wildman–Crippen MR) is 141 cm³/mol. The first kappa shape index (κ1) is 24.3. The summed E-state index contributed by atoms with van der Waals surface area (Å²) in [7, 11) is 2.16. The van der Waals surface area contributed by atoms with Crippen molar-refractivity contribution in [3.05, 3.63) is 77.5 Å². The van der Waals surface area contributed by atoms with E-state index in [4.69, 9.17) is 11.6 Å². The standard InChI is InChI=1S/C18H20N6O.C7H4ClN3O/c1-22-8-10-23(11-9-22)16-4-2-15(3-5-16)20-17-6-7-24-18(21-17)14(13-25)12-19-24;8-6-1-2-11-7(10-6)5(4-12)3-9-11/h2-7,12-13H,8-11H2,1H3,(H,20,21);1-4H. The Bertz CT molecular complexity index is 1540. The molecule has 1 aliphatic rings. The van der Waals surface area contributed by atoms with Crippen LogP contribution in [-0.4, -0.2) is 79.9 Å². The highest BCUT2D eigenvalue weighted by molar-refractivity contribution is 6.29. The first-order valence-electron chi connectivity index (χ1n) is 11.6. The van der Waals surface area contributed by atoms with E-state index in [0.29, 0.717) is 39.7 Å². The number of hydrogen-bond donors (Lipinski definition) is 1. The Hall–Kier alpha value is -4.35. The van der Waals surface area contributed by atoms with Crippen LogP contribution in [0.25, 0.3) is 11.3 Å². The normalized spacial score (nSPS) is 13.8. The van der Waals surface area contributed by atoms with Crippen molar-refractivity contribution in [3.8, 4) is 0 Å². The fourth-order valence-electron chi connectivity index (χ4n) is 3.96. The summed E-state index contributed by atoms with van der Waals surface area (Å²) in [4.78, 5) is 34.6. The number of carbonyl (C=O) groups is 2. The number of piperazine rings is 1. The van der Waals surface area contributed by atoms with Crippen LogP contribution in [0.15, 0.2) is 61.2 Å². The Morgan fingerprint density at radius 1 is 0.811 bits per heavy atom. The minimum atomic E-state index is 0.353. The number of nitrogens with zero attached hydrogens (tertiary/aromatic N) is 8. The van der Waals surface area contributed by atoms with E-state index in [2.05, 4.69) is 66.6 Å². The minimum Gasteiger partial charge on any atom is -0.369 e. The number of anilines is 3. The Morgan fingerprint density at radius 2 is 1.41 bits per heavy atom. The molecule has 5 aromatic rings. The minimum absolute atomic E-state index is 0.353. The van der Waals surface area contributed by atoms with Gasteiger partial charge in [-0.1, -0.05) is 11.6 Å². The second-order valence-electron chi connectivity index (χ2n) is 8.50. The van der Waals surface area contributed by atoms with Crippen LogP contribution in [-0.2, 0) is 0 Å². The summed E-state index contributed by atoms with van der Waals surface area (Å²) in [5.41, 5.74) is 4.15. The molecule has 0 unspecified atom stereocenters.